The number of carboxylic acid groups (broad SMARTS) is 1. The van der Waals surface area contributed by atoms with Crippen LogP contribution in [0.3, 0.4) is 0 Å². The summed E-state index contributed by atoms with van der Waals surface area (Å²) in [4.78, 5) is 82.4. The highest BCUT2D eigenvalue weighted by atomic mass is 127. The zero-order chi connectivity index (χ0) is 29.9. The monoisotopic (exact) mass is 673 g/mol. The third kappa shape index (κ3) is 16.4. The number of carbonyl (C=O) groups excluding carboxylic acids is 6. The van der Waals surface area contributed by atoms with Crippen LogP contribution in [-0.2, 0) is 40.0 Å². The molecule has 220 valence electrons. The van der Waals surface area contributed by atoms with Crippen molar-refractivity contribution in [2.75, 3.05) is 26.2 Å². The number of unbranched alkanes of at least 4 members (excludes halogenated alkanes) is 2. The molecular formula is C26H36IN5O8. The average Bonchev–Trinajstić information content (AvgIpc) is 2.91. The standard InChI is InChI=1S/C26H36IN5O8/c1-17(33)14-31-25(38)20(12-18-8-4-2-5-9-18)32-24(37)16-30-23(36)15-29-21(34)10-6-3-7-11-28-22(35)13-19(27)26(39)40/h2,4-5,8-9,19-20H,3,6-7,10-16H2,1H3,(H,28,35)(H,29,34)(H,30,36)(H,31,38)(H,32,37)(H,39,40)/t19?,20-/m0/s1. The van der Waals surface area contributed by atoms with Gasteiger partial charge in [-0.15, -0.1) is 0 Å². The molecule has 0 spiro atoms. The maximum atomic E-state index is 12.5. The average molecular weight is 674 g/mol. The summed E-state index contributed by atoms with van der Waals surface area (Å²) < 4.78 is -0.783. The van der Waals surface area contributed by atoms with Crippen LogP contribution in [0.2, 0.25) is 0 Å². The largest absolute Gasteiger partial charge is 0.480 e. The zero-order valence-corrected chi connectivity index (χ0v) is 24.5. The molecular weight excluding hydrogens is 637 g/mol. The molecule has 0 saturated carbocycles. The Labute approximate surface area is 246 Å². The lowest BCUT2D eigenvalue weighted by atomic mass is 10.1. The first-order valence-electron chi connectivity index (χ1n) is 12.7. The number of hydrogen-bond acceptors (Lipinski definition) is 7. The summed E-state index contributed by atoms with van der Waals surface area (Å²) in [5, 5.41) is 21.3. The number of benzene rings is 1. The molecule has 1 rings (SSSR count). The predicted octanol–water partition coefficient (Wildman–Crippen LogP) is -0.394. The van der Waals surface area contributed by atoms with Crippen LogP contribution >= 0.6 is 22.6 Å². The molecule has 1 aromatic rings. The van der Waals surface area contributed by atoms with E-state index in [-0.39, 0.29) is 49.9 Å². The fourth-order valence-electron chi connectivity index (χ4n) is 3.29. The number of alkyl halides is 1. The van der Waals surface area contributed by atoms with E-state index in [2.05, 4.69) is 26.6 Å². The van der Waals surface area contributed by atoms with Gasteiger partial charge in [0.25, 0.3) is 0 Å². The smallest absolute Gasteiger partial charge is 0.316 e. The minimum Gasteiger partial charge on any atom is -0.480 e. The number of halogens is 1. The molecule has 14 heteroatoms. The summed E-state index contributed by atoms with van der Waals surface area (Å²) in [5.41, 5.74) is 0.798. The van der Waals surface area contributed by atoms with Crippen molar-refractivity contribution in [3.8, 4) is 0 Å². The molecule has 2 atom stereocenters. The summed E-state index contributed by atoms with van der Waals surface area (Å²) in [6.45, 7) is 0.807. The number of carboxylic acids is 1. The van der Waals surface area contributed by atoms with Gasteiger partial charge >= 0.3 is 5.97 Å². The predicted molar refractivity (Wildman–Crippen MR) is 153 cm³/mol. The van der Waals surface area contributed by atoms with Crippen LogP contribution in [-0.4, -0.2) is 82.5 Å². The summed E-state index contributed by atoms with van der Waals surface area (Å²) in [6, 6.07) is 8.05. The van der Waals surface area contributed by atoms with E-state index in [0.717, 1.165) is 5.56 Å². The number of nitrogens with one attached hydrogen (secondary N) is 5. The van der Waals surface area contributed by atoms with E-state index in [9.17, 15) is 33.6 Å². The van der Waals surface area contributed by atoms with Gasteiger partial charge in [0.2, 0.25) is 29.5 Å². The third-order valence-corrected chi connectivity index (χ3v) is 6.35. The van der Waals surface area contributed by atoms with Gasteiger partial charge in [0.05, 0.1) is 19.6 Å². The number of hydrogen-bond donors (Lipinski definition) is 6. The van der Waals surface area contributed by atoms with Gasteiger partial charge in [-0.1, -0.05) is 59.3 Å². The van der Waals surface area contributed by atoms with Crippen LogP contribution in [0.1, 0.15) is 44.6 Å². The fourth-order valence-corrected chi connectivity index (χ4v) is 3.69. The quantitative estimate of drug-likeness (QED) is 0.0648. The Balaban J connectivity index is 2.29. The van der Waals surface area contributed by atoms with Crippen molar-refractivity contribution in [3.63, 3.8) is 0 Å². The molecule has 0 aliphatic carbocycles. The molecule has 0 saturated heterocycles. The van der Waals surface area contributed by atoms with E-state index >= 15 is 0 Å². The van der Waals surface area contributed by atoms with Gasteiger partial charge in [-0.05, 0) is 25.3 Å². The summed E-state index contributed by atoms with van der Waals surface area (Å²) >= 11 is 1.69. The van der Waals surface area contributed by atoms with Crippen LogP contribution in [0, 0.1) is 0 Å². The van der Waals surface area contributed by atoms with Crippen LogP contribution in [0.25, 0.3) is 0 Å². The lowest BCUT2D eigenvalue weighted by molar-refractivity contribution is -0.137. The highest BCUT2D eigenvalue weighted by molar-refractivity contribution is 14.1. The maximum absolute atomic E-state index is 12.5. The Morgan fingerprint density at radius 1 is 0.775 bits per heavy atom. The van der Waals surface area contributed by atoms with Gasteiger partial charge in [-0.2, -0.15) is 0 Å². The first-order valence-corrected chi connectivity index (χ1v) is 14.0. The van der Waals surface area contributed by atoms with Crippen molar-refractivity contribution < 1.29 is 38.7 Å². The van der Waals surface area contributed by atoms with Crippen molar-refractivity contribution in [1.29, 1.82) is 0 Å². The van der Waals surface area contributed by atoms with Gasteiger partial charge in [-0.3, -0.25) is 33.6 Å². The summed E-state index contributed by atoms with van der Waals surface area (Å²) in [6.07, 6.45) is 2.06. The molecule has 1 unspecified atom stereocenters. The first-order chi connectivity index (χ1) is 19.0. The van der Waals surface area contributed by atoms with E-state index in [1.807, 2.05) is 6.07 Å². The second-order valence-electron chi connectivity index (χ2n) is 8.95. The Bertz CT molecular complexity index is 1040. The normalized spacial score (nSPS) is 11.8. The molecule has 5 amide bonds. The Morgan fingerprint density at radius 2 is 1.43 bits per heavy atom. The van der Waals surface area contributed by atoms with E-state index in [1.54, 1.807) is 46.9 Å². The van der Waals surface area contributed by atoms with Gasteiger partial charge in [0.15, 0.2) is 0 Å². The van der Waals surface area contributed by atoms with E-state index < -0.39 is 40.2 Å². The molecule has 40 heavy (non-hydrogen) atoms. The number of Topliss-reactive ketones (excluding diaryl/α,β-unsaturated/α-hetero) is 1. The fraction of sp³-hybridized carbons (Fsp3) is 0.500. The molecule has 1 aromatic carbocycles. The second kappa shape index (κ2) is 19.5. The number of rotatable bonds is 19. The number of ketones is 1. The Kier molecular flexibility index (Phi) is 16.8. The van der Waals surface area contributed by atoms with Crippen molar-refractivity contribution in [2.45, 2.75) is 55.4 Å². The molecule has 13 nitrogen and oxygen atoms in total. The van der Waals surface area contributed by atoms with Crippen LogP contribution in [0.4, 0.5) is 0 Å². The lowest BCUT2D eigenvalue weighted by Crippen LogP contribution is -2.51. The molecule has 0 radical (unpaired) electrons. The Hall–Kier alpha value is -3.56. The van der Waals surface area contributed by atoms with Gasteiger partial charge in [0, 0.05) is 25.8 Å². The van der Waals surface area contributed by atoms with Crippen LogP contribution in [0.15, 0.2) is 30.3 Å². The van der Waals surface area contributed by atoms with Gasteiger partial charge < -0.3 is 31.7 Å². The molecule has 0 aromatic heterocycles. The third-order valence-electron chi connectivity index (χ3n) is 5.37. The van der Waals surface area contributed by atoms with E-state index in [4.69, 9.17) is 5.11 Å². The number of amides is 5. The highest BCUT2D eigenvalue weighted by Crippen LogP contribution is 2.06. The minimum absolute atomic E-state index is 0.104. The van der Waals surface area contributed by atoms with Crippen molar-refractivity contribution in [1.82, 2.24) is 26.6 Å². The van der Waals surface area contributed by atoms with E-state index in [0.29, 0.717) is 25.8 Å². The molecule has 0 aliphatic heterocycles. The van der Waals surface area contributed by atoms with Crippen LogP contribution in [0.5, 0.6) is 0 Å². The van der Waals surface area contributed by atoms with Crippen molar-refractivity contribution >= 4 is 63.9 Å². The maximum Gasteiger partial charge on any atom is 0.316 e. The Morgan fingerprint density at radius 3 is 2.08 bits per heavy atom. The number of carbonyl (C=O) groups is 7. The van der Waals surface area contributed by atoms with Crippen molar-refractivity contribution in [2.24, 2.45) is 0 Å². The molecule has 0 bridgehead atoms. The lowest BCUT2D eigenvalue weighted by Gasteiger charge is -2.18. The van der Waals surface area contributed by atoms with Crippen molar-refractivity contribution in [3.05, 3.63) is 35.9 Å². The highest BCUT2D eigenvalue weighted by Gasteiger charge is 2.22. The summed E-state index contributed by atoms with van der Waals surface area (Å²) in [7, 11) is 0. The SMILES string of the molecule is CC(=O)CNC(=O)[C@H](Cc1ccccc1)NC(=O)CNC(=O)CNC(=O)CCCCCNC(=O)CC(I)C(=O)O. The molecule has 0 heterocycles. The topological polar surface area (TPSA) is 200 Å². The molecule has 0 aliphatic rings. The van der Waals surface area contributed by atoms with Gasteiger partial charge in [-0.25, -0.2) is 0 Å². The summed E-state index contributed by atoms with van der Waals surface area (Å²) in [5.74, 6) is -3.69. The number of aliphatic carboxylic acids is 1. The minimum atomic E-state index is -1.04. The van der Waals surface area contributed by atoms with Gasteiger partial charge in [0.1, 0.15) is 15.7 Å². The second-order valence-corrected chi connectivity index (χ2v) is 10.5. The molecule has 0 fully saturated rings. The first kappa shape index (κ1) is 34.5. The van der Waals surface area contributed by atoms with E-state index in [1.165, 1.54) is 6.92 Å². The molecule has 6 N–H and O–H groups in total. The zero-order valence-electron chi connectivity index (χ0n) is 22.3. The van der Waals surface area contributed by atoms with Crippen LogP contribution < -0.4 is 26.6 Å².